The van der Waals surface area contributed by atoms with Crippen LogP contribution in [0.25, 0.3) is 10.6 Å². The number of thiophene rings is 1. The van der Waals surface area contributed by atoms with Crippen molar-refractivity contribution in [3.63, 3.8) is 0 Å². The van der Waals surface area contributed by atoms with Gasteiger partial charge in [0.15, 0.2) is 5.76 Å². The van der Waals surface area contributed by atoms with Crippen LogP contribution in [0.3, 0.4) is 0 Å². The molecule has 1 atom stereocenters. The van der Waals surface area contributed by atoms with Crippen LogP contribution in [0, 0.1) is 0 Å². The standard InChI is InChI=1S/C14H17N3O2S/c15-14(18)10-4-1-2-6-17(10)9-13-16-8-11(19-13)12-5-3-7-20-12/h3,5,7-8,10H,1-2,4,6,9H2,(H2,15,18)/t10-/m1/s1. The van der Waals surface area contributed by atoms with E-state index < -0.39 is 0 Å². The van der Waals surface area contributed by atoms with Crippen LogP contribution in [-0.4, -0.2) is 28.4 Å². The topological polar surface area (TPSA) is 72.4 Å². The molecule has 1 aliphatic rings. The highest BCUT2D eigenvalue weighted by molar-refractivity contribution is 7.13. The maximum absolute atomic E-state index is 11.5. The first-order valence-corrected chi connectivity index (χ1v) is 7.64. The summed E-state index contributed by atoms with van der Waals surface area (Å²) < 4.78 is 5.76. The number of hydrogen-bond donors (Lipinski definition) is 1. The van der Waals surface area contributed by atoms with Crippen molar-refractivity contribution >= 4 is 17.2 Å². The molecule has 0 spiro atoms. The lowest BCUT2D eigenvalue weighted by molar-refractivity contribution is -0.124. The van der Waals surface area contributed by atoms with Gasteiger partial charge in [0.1, 0.15) is 0 Å². The molecule has 1 saturated heterocycles. The van der Waals surface area contributed by atoms with E-state index in [4.69, 9.17) is 10.2 Å². The van der Waals surface area contributed by atoms with E-state index in [1.54, 1.807) is 17.5 Å². The van der Waals surface area contributed by atoms with E-state index in [0.717, 1.165) is 36.4 Å². The van der Waals surface area contributed by atoms with E-state index in [9.17, 15) is 4.79 Å². The molecule has 0 radical (unpaired) electrons. The minimum absolute atomic E-state index is 0.194. The zero-order chi connectivity index (χ0) is 13.9. The van der Waals surface area contributed by atoms with Crippen molar-refractivity contribution < 1.29 is 9.21 Å². The Labute approximate surface area is 121 Å². The molecule has 5 nitrogen and oxygen atoms in total. The van der Waals surface area contributed by atoms with Crippen molar-refractivity contribution in [2.45, 2.75) is 31.8 Å². The smallest absolute Gasteiger partial charge is 0.234 e. The van der Waals surface area contributed by atoms with Gasteiger partial charge in [-0.3, -0.25) is 9.69 Å². The fourth-order valence-corrected chi connectivity index (χ4v) is 3.26. The Balaban J connectivity index is 1.72. The molecule has 2 aromatic rings. The minimum atomic E-state index is -0.255. The van der Waals surface area contributed by atoms with Crippen LogP contribution in [0.2, 0.25) is 0 Å². The summed E-state index contributed by atoms with van der Waals surface area (Å²) in [5.41, 5.74) is 5.46. The first kappa shape index (κ1) is 13.3. The van der Waals surface area contributed by atoms with Crippen LogP contribution in [0.4, 0.5) is 0 Å². The van der Waals surface area contributed by atoms with E-state index in [1.165, 1.54) is 0 Å². The van der Waals surface area contributed by atoms with Gasteiger partial charge in [0.2, 0.25) is 11.8 Å². The second-order valence-corrected chi connectivity index (χ2v) is 5.93. The molecule has 0 aromatic carbocycles. The molecule has 0 aliphatic carbocycles. The summed E-state index contributed by atoms with van der Waals surface area (Å²) in [6.45, 7) is 1.41. The number of nitrogens with zero attached hydrogens (tertiary/aromatic N) is 2. The van der Waals surface area contributed by atoms with Gasteiger partial charge in [0.05, 0.1) is 23.7 Å². The predicted molar refractivity (Wildman–Crippen MR) is 77.1 cm³/mol. The lowest BCUT2D eigenvalue weighted by atomic mass is 10.0. The van der Waals surface area contributed by atoms with Gasteiger partial charge >= 0.3 is 0 Å². The molecule has 3 rings (SSSR count). The number of aromatic nitrogens is 1. The number of likely N-dealkylation sites (tertiary alicyclic amines) is 1. The summed E-state index contributed by atoms with van der Waals surface area (Å²) in [7, 11) is 0. The highest BCUT2D eigenvalue weighted by atomic mass is 32.1. The fraction of sp³-hybridized carbons (Fsp3) is 0.429. The zero-order valence-corrected chi connectivity index (χ0v) is 11.9. The maximum Gasteiger partial charge on any atom is 0.234 e. The second kappa shape index (κ2) is 5.76. The second-order valence-electron chi connectivity index (χ2n) is 4.98. The van der Waals surface area contributed by atoms with E-state index in [2.05, 4.69) is 9.88 Å². The number of oxazole rings is 1. The highest BCUT2D eigenvalue weighted by Gasteiger charge is 2.28. The third kappa shape index (κ3) is 2.76. The van der Waals surface area contributed by atoms with Crippen molar-refractivity contribution in [2.75, 3.05) is 6.54 Å². The number of primary amides is 1. The number of piperidine rings is 1. The average molecular weight is 291 g/mol. The Morgan fingerprint density at radius 1 is 1.55 bits per heavy atom. The summed E-state index contributed by atoms with van der Waals surface area (Å²) in [5, 5.41) is 2.01. The number of carbonyl (C=O) groups excluding carboxylic acids is 1. The molecule has 1 aliphatic heterocycles. The van der Waals surface area contributed by atoms with Crippen LogP contribution in [0.15, 0.2) is 28.1 Å². The number of rotatable bonds is 4. The molecule has 106 valence electrons. The van der Waals surface area contributed by atoms with Gasteiger partial charge in [0, 0.05) is 0 Å². The molecule has 2 aromatic heterocycles. The highest BCUT2D eigenvalue weighted by Crippen LogP contribution is 2.26. The van der Waals surface area contributed by atoms with Crippen molar-refractivity contribution in [3.05, 3.63) is 29.6 Å². The molecule has 0 bridgehead atoms. The fourth-order valence-electron chi connectivity index (χ4n) is 2.59. The normalized spacial score (nSPS) is 20.1. The molecular formula is C14H17N3O2S. The molecule has 1 fully saturated rings. The molecule has 6 heteroatoms. The summed E-state index contributed by atoms with van der Waals surface area (Å²) in [6.07, 6.45) is 4.70. The monoisotopic (exact) mass is 291 g/mol. The van der Waals surface area contributed by atoms with E-state index >= 15 is 0 Å². The van der Waals surface area contributed by atoms with Crippen LogP contribution in [0.1, 0.15) is 25.2 Å². The third-order valence-electron chi connectivity index (χ3n) is 3.60. The molecule has 1 amide bonds. The molecule has 20 heavy (non-hydrogen) atoms. The van der Waals surface area contributed by atoms with Gasteiger partial charge < -0.3 is 10.2 Å². The Hall–Kier alpha value is -1.66. The Bertz CT molecular complexity index is 579. The van der Waals surface area contributed by atoms with Gasteiger partial charge in [-0.1, -0.05) is 12.5 Å². The van der Waals surface area contributed by atoms with Gasteiger partial charge in [-0.05, 0) is 30.8 Å². The summed E-state index contributed by atoms with van der Waals surface area (Å²) in [4.78, 5) is 18.9. The lowest BCUT2D eigenvalue weighted by Crippen LogP contribution is -2.47. The van der Waals surface area contributed by atoms with Gasteiger partial charge in [-0.15, -0.1) is 11.3 Å². The van der Waals surface area contributed by atoms with Gasteiger partial charge in [-0.25, -0.2) is 4.98 Å². The molecule has 0 unspecified atom stereocenters. The Morgan fingerprint density at radius 3 is 3.20 bits per heavy atom. The van der Waals surface area contributed by atoms with Gasteiger partial charge in [0.25, 0.3) is 0 Å². The molecule has 0 saturated carbocycles. The Kier molecular flexibility index (Phi) is 3.84. The SMILES string of the molecule is NC(=O)[C@H]1CCCCN1Cc1ncc(-c2cccs2)o1. The first-order chi connectivity index (χ1) is 9.74. The molecular weight excluding hydrogens is 274 g/mol. The van der Waals surface area contributed by atoms with E-state index in [-0.39, 0.29) is 11.9 Å². The maximum atomic E-state index is 11.5. The molecule has 3 heterocycles. The summed E-state index contributed by atoms with van der Waals surface area (Å²) in [5.74, 6) is 1.17. The van der Waals surface area contributed by atoms with Crippen LogP contribution < -0.4 is 5.73 Å². The number of hydrogen-bond acceptors (Lipinski definition) is 5. The number of carbonyl (C=O) groups is 1. The van der Waals surface area contributed by atoms with Gasteiger partial charge in [-0.2, -0.15) is 0 Å². The predicted octanol–water partition coefficient (Wildman–Crippen LogP) is 2.24. The Morgan fingerprint density at radius 2 is 2.45 bits per heavy atom. The lowest BCUT2D eigenvalue weighted by Gasteiger charge is -2.32. The summed E-state index contributed by atoms with van der Waals surface area (Å²) in [6, 6.07) is 3.79. The largest absolute Gasteiger partial charge is 0.438 e. The van der Waals surface area contributed by atoms with Crippen LogP contribution in [-0.2, 0) is 11.3 Å². The van der Waals surface area contributed by atoms with E-state index in [0.29, 0.717) is 12.4 Å². The number of nitrogens with two attached hydrogens (primary N) is 1. The third-order valence-corrected chi connectivity index (χ3v) is 4.48. The first-order valence-electron chi connectivity index (χ1n) is 6.76. The van der Waals surface area contributed by atoms with Crippen LogP contribution in [0.5, 0.6) is 0 Å². The minimum Gasteiger partial charge on any atom is -0.438 e. The van der Waals surface area contributed by atoms with Crippen molar-refractivity contribution in [1.29, 1.82) is 0 Å². The van der Waals surface area contributed by atoms with Crippen molar-refractivity contribution in [2.24, 2.45) is 5.73 Å². The quantitative estimate of drug-likeness (QED) is 0.937. The van der Waals surface area contributed by atoms with Crippen molar-refractivity contribution in [3.8, 4) is 10.6 Å². The van der Waals surface area contributed by atoms with Crippen molar-refractivity contribution in [1.82, 2.24) is 9.88 Å². The zero-order valence-electron chi connectivity index (χ0n) is 11.1. The van der Waals surface area contributed by atoms with E-state index in [1.807, 2.05) is 17.5 Å². The van der Waals surface area contributed by atoms with Crippen LogP contribution >= 0.6 is 11.3 Å². The average Bonchev–Trinajstić information content (AvgIpc) is 3.09. The number of amides is 1. The summed E-state index contributed by atoms with van der Waals surface area (Å²) >= 11 is 1.62. The molecule has 2 N–H and O–H groups in total.